The van der Waals surface area contributed by atoms with Crippen LogP contribution in [0.1, 0.15) is 12.5 Å². The Balaban J connectivity index is 2.69. The molecule has 2 amide bonds. The number of carbonyl (C=O) groups is 2. The van der Waals surface area contributed by atoms with Crippen molar-refractivity contribution in [2.75, 3.05) is 0 Å². The van der Waals surface area contributed by atoms with E-state index in [9.17, 15) is 14.7 Å². The van der Waals surface area contributed by atoms with E-state index in [1.807, 2.05) is 30.3 Å². The van der Waals surface area contributed by atoms with Crippen LogP contribution in [0.3, 0.4) is 0 Å². The van der Waals surface area contributed by atoms with Crippen molar-refractivity contribution >= 4 is 11.8 Å². The Morgan fingerprint density at radius 2 is 1.89 bits per heavy atom. The molecule has 1 aromatic carbocycles. The van der Waals surface area contributed by atoms with Gasteiger partial charge in [-0.1, -0.05) is 30.3 Å². The van der Waals surface area contributed by atoms with Gasteiger partial charge in [-0.25, -0.2) is 0 Å². The van der Waals surface area contributed by atoms with E-state index in [0.717, 1.165) is 5.56 Å². The van der Waals surface area contributed by atoms with Gasteiger partial charge in [0.05, 0.1) is 6.10 Å². The Morgan fingerprint density at radius 3 is 2.37 bits per heavy atom. The summed E-state index contributed by atoms with van der Waals surface area (Å²) in [6, 6.07) is 7.24. The molecule has 0 bridgehead atoms. The van der Waals surface area contributed by atoms with Crippen molar-refractivity contribution < 1.29 is 14.7 Å². The van der Waals surface area contributed by atoms with E-state index < -0.39 is 30.0 Å². The molecule has 0 aliphatic heterocycles. The molecule has 104 valence electrons. The summed E-state index contributed by atoms with van der Waals surface area (Å²) in [5, 5.41) is 11.7. The van der Waals surface area contributed by atoms with Crippen molar-refractivity contribution in [3.63, 3.8) is 0 Å². The number of rotatable bonds is 6. The van der Waals surface area contributed by atoms with E-state index >= 15 is 0 Å². The highest BCUT2D eigenvalue weighted by molar-refractivity contribution is 5.89. The van der Waals surface area contributed by atoms with Gasteiger partial charge in [-0.3, -0.25) is 9.59 Å². The minimum atomic E-state index is -1.09. The maximum Gasteiger partial charge on any atom is 0.240 e. The van der Waals surface area contributed by atoms with Crippen LogP contribution in [0.4, 0.5) is 0 Å². The van der Waals surface area contributed by atoms with E-state index in [0.29, 0.717) is 0 Å². The van der Waals surface area contributed by atoms with Crippen LogP contribution >= 0.6 is 0 Å². The maximum atomic E-state index is 11.7. The zero-order valence-corrected chi connectivity index (χ0v) is 10.7. The monoisotopic (exact) mass is 265 g/mol. The quantitative estimate of drug-likeness (QED) is 0.522. The van der Waals surface area contributed by atoms with Crippen LogP contribution in [0, 0.1) is 0 Å². The summed E-state index contributed by atoms with van der Waals surface area (Å²) >= 11 is 0. The van der Waals surface area contributed by atoms with Crippen LogP contribution in [0.25, 0.3) is 0 Å². The van der Waals surface area contributed by atoms with E-state index in [2.05, 4.69) is 5.32 Å². The number of benzene rings is 1. The fourth-order valence-electron chi connectivity index (χ4n) is 1.56. The Hall–Kier alpha value is -1.92. The van der Waals surface area contributed by atoms with Gasteiger partial charge < -0.3 is 21.9 Å². The summed E-state index contributed by atoms with van der Waals surface area (Å²) in [6.07, 6.45) is -0.709. The number of hydrogen-bond acceptors (Lipinski definition) is 4. The minimum Gasteiger partial charge on any atom is -0.391 e. The number of nitrogens with one attached hydrogen (secondary N) is 1. The number of aliphatic hydroxyl groups is 1. The van der Waals surface area contributed by atoms with Gasteiger partial charge in [0, 0.05) is 6.42 Å². The predicted molar refractivity (Wildman–Crippen MR) is 70.9 cm³/mol. The molecule has 0 saturated carbocycles. The van der Waals surface area contributed by atoms with E-state index in [4.69, 9.17) is 11.5 Å². The molecule has 0 aromatic heterocycles. The molecule has 6 N–H and O–H groups in total. The average molecular weight is 265 g/mol. The number of nitrogens with two attached hydrogens (primary N) is 2. The Labute approximate surface area is 111 Å². The summed E-state index contributed by atoms with van der Waals surface area (Å²) in [5.41, 5.74) is 11.6. The summed E-state index contributed by atoms with van der Waals surface area (Å²) in [4.78, 5) is 23.0. The highest BCUT2D eigenvalue weighted by atomic mass is 16.3. The van der Waals surface area contributed by atoms with Gasteiger partial charge in [-0.2, -0.15) is 0 Å². The van der Waals surface area contributed by atoms with E-state index in [1.54, 1.807) is 0 Å². The number of aliphatic hydroxyl groups excluding tert-OH is 1. The third-order valence-corrected chi connectivity index (χ3v) is 2.77. The van der Waals surface area contributed by atoms with Gasteiger partial charge >= 0.3 is 0 Å². The lowest BCUT2D eigenvalue weighted by Crippen LogP contribution is -2.54. The van der Waals surface area contributed by atoms with Gasteiger partial charge in [0.1, 0.15) is 12.1 Å². The largest absolute Gasteiger partial charge is 0.391 e. The molecule has 6 nitrogen and oxygen atoms in total. The van der Waals surface area contributed by atoms with Crippen molar-refractivity contribution in [2.24, 2.45) is 11.5 Å². The summed E-state index contributed by atoms with van der Waals surface area (Å²) < 4.78 is 0. The van der Waals surface area contributed by atoms with Crippen LogP contribution < -0.4 is 16.8 Å². The summed E-state index contributed by atoms with van der Waals surface area (Å²) in [7, 11) is 0. The van der Waals surface area contributed by atoms with Crippen molar-refractivity contribution in [1.29, 1.82) is 0 Å². The van der Waals surface area contributed by atoms with Gasteiger partial charge in [0.25, 0.3) is 0 Å². The van der Waals surface area contributed by atoms with Crippen molar-refractivity contribution in [2.45, 2.75) is 31.5 Å². The topological polar surface area (TPSA) is 118 Å². The first-order chi connectivity index (χ1) is 8.91. The smallest absolute Gasteiger partial charge is 0.240 e. The first kappa shape index (κ1) is 15.1. The number of amides is 2. The molecule has 0 aliphatic rings. The average Bonchev–Trinajstić information content (AvgIpc) is 2.37. The second kappa shape index (κ2) is 6.86. The molecule has 0 radical (unpaired) electrons. The molecule has 3 atom stereocenters. The molecule has 0 aliphatic carbocycles. The third kappa shape index (κ3) is 4.69. The van der Waals surface area contributed by atoms with Gasteiger partial charge in [0.15, 0.2) is 0 Å². The maximum absolute atomic E-state index is 11.7. The first-order valence-corrected chi connectivity index (χ1v) is 5.99. The number of primary amides is 1. The lowest BCUT2D eigenvalue weighted by molar-refractivity contribution is -0.129. The highest BCUT2D eigenvalue weighted by Crippen LogP contribution is 2.03. The highest BCUT2D eigenvalue weighted by Gasteiger charge is 2.24. The molecule has 19 heavy (non-hydrogen) atoms. The second-order valence-electron chi connectivity index (χ2n) is 4.42. The lowest BCUT2D eigenvalue weighted by atomic mass is 10.0. The molecule has 0 unspecified atom stereocenters. The van der Waals surface area contributed by atoms with Crippen LogP contribution in [-0.2, 0) is 16.0 Å². The van der Waals surface area contributed by atoms with E-state index in [1.165, 1.54) is 6.92 Å². The SMILES string of the molecule is C[C@@H](O)[C@H](N)C(=O)N[C@@H](Cc1ccccc1)C(N)=O. The van der Waals surface area contributed by atoms with Crippen LogP contribution in [-0.4, -0.2) is 35.1 Å². The third-order valence-electron chi connectivity index (χ3n) is 2.77. The summed E-state index contributed by atoms with van der Waals surface area (Å²) in [6.45, 7) is 1.40. The van der Waals surface area contributed by atoms with Crippen LogP contribution in [0.2, 0.25) is 0 Å². The number of hydrogen-bond donors (Lipinski definition) is 4. The van der Waals surface area contributed by atoms with Crippen molar-refractivity contribution in [3.05, 3.63) is 35.9 Å². The minimum absolute atomic E-state index is 0.286. The molecule has 0 heterocycles. The molecule has 1 rings (SSSR count). The molecule has 0 fully saturated rings. The van der Waals surface area contributed by atoms with Crippen LogP contribution in [0.5, 0.6) is 0 Å². The Kier molecular flexibility index (Phi) is 5.47. The molecular weight excluding hydrogens is 246 g/mol. The lowest BCUT2D eigenvalue weighted by Gasteiger charge is -2.20. The van der Waals surface area contributed by atoms with Gasteiger partial charge in [-0.15, -0.1) is 0 Å². The standard InChI is InChI=1S/C13H19N3O3/c1-8(17)11(14)13(19)16-10(12(15)18)7-9-5-3-2-4-6-9/h2-6,8,10-11,17H,7,14H2,1H3,(H2,15,18)(H,16,19)/t8-,10+,11+/m1/s1. The summed E-state index contributed by atoms with van der Waals surface area (Å²) in [5.74, 6) is -1.25. The fraction of sp³-hybridized carbons (Fsp3) is 0.385. The second-order valence-corrected chi connectivity index (χ2v) is 4.42. The molecule has 0 saturated heterocycles. The molecule has 0 spiro atoms. The van der Waals surface area contributed by atoms with E-state index in [-0.39, 0.29) is 6.42 Å². The van der Waals surface area contributed by atoms with Gasteiger partial charge in [0.2, 0.25) is 11.8 Å². The van der Waals surface area contributed by atoms with Crippen LogP contribution in [0.15, 0.2) is 30.3 Å². The molecule has 1 aromatic rings. The number of carbonyl (C=O) groups excluding carboxylic acids is 2. The van der Waals surface area contributed by atoms with Crippen molar-refractivity contribution in [1.82, 2.24) is 5.32 Å². The molecule has 6 heteroatoms. The Morgan fingerprint density at radius 1 is 1.32 bits per heavy atom. The normalized spacial score (nSPS) is 15.3. The zero-order valence-electron chi connectivity index (χ0n) is 10.7. The predicted octanol–water partition coefficient (Wildman–Crippen LogP) is -1.09. The van der Waals surface area contributed by atoms with Crippen molar-refractivity contribution in [3.8, 4) is 0 Å². The Bertz CT molecular complexity index is 434. The van der Waals surface area contributed by atoms with Gasteiger partial charge in [-0.05, 0) is 12.5 Å². The first-order valence-electron chi connectivity index (χ1n) is 5.99. The molecular formula is C13H19N3O3. The fourth-order valence-corrected chi connectivity index (χ4v) is 1.56. The zero-order chi connectivity index (χ0) is 14.4.